The number of carbonyl (C=O) groups excluding carboxylic acids is 4. The molecule has 0 aromatic carbocycles. The van der Waals surface area contributed by atoms with Gasteiger partial charge < -0.3 is 33.8 Å². The Bertz CT molecular complexity index is 1800. The Kier molecular flexibility index (Phi) is 60.3. The van der Waals surface area contributed by atoms with Crippen LogP contribution in [0.4, 0.5) is 0 Å². The van der Waals surface area contributed by atoms with E-state index in [-0.39, 0.29) is 25.7 Å². The first-order valence-electron chi connectivity index (χ1n) is 37.3. The van der Waals surface area contributed by atoms with Crippen LogP contribution in [0.25, 0.3) is 0 Å². The van der Waals surface area contributed by atoms with Gasteiger partial charge in [-0.05, 0) is 49.4 Å². The van der Waals surface area contributed by atoms with E-state index in [1.54, 1.807) is 0 Å². The Hall–Kier alpha value is -1.94. The number of esters is 4. The van der Waals surface area contributed by atoms with Gasteiger partial charge in [-0.3, -0.25) is 37.3 Å². The summed E-state index contributed by atoms with van der Waals surface area (Å²) in [5.41, 5.74) is 0. The van der Waals surface area contributed by atoms with Crippen LogP contribution in [0.5, 0.6) is 0 Å². The first-order chi connectivity index (χ1) is 43.7. The zero-order valence-corrected chi connectivity index (χ0v) is 61.3. The number of ether oxygens (including phenoxy) is 4. The van der Waals surface area contributed by atoms with E-state index < -0.39 is 97.5 Å². The second-order valence-electron chi connectivity index (χ2n) is 27.4. The van der Waals surface area contributed by atoms with Crippen molar-refractivity contribution in [2.75, 3.05) is 39.6 Å². The van der Waals surface area contributed by atoms with Crippen LogP contribution in [0.2, 0.25) is 0 Å². The van der Waals surface area contributed by atoms with Crippen LogP contribution in [0.1, 0.15) is 357 Å². The lowest BCUT2D eigenvalue weighted by Gasteiger charge is -2.21. The van der Waals surface area contributed by atoms with Crippen LogP contribution >= 0.6 is 15.6 Å². The molecule has 0 aliphatic heterocycles. The molecule has 0 saturated carbocycles. The normalized spacial score (nSPS) is 14.8. The zero-order valence-electron chi connectivity index (χ0n) is 59.5. The lowest BCUT2D eigenvalue weighted by Crippen LogP contribution is -2.30. The molecule has 540 valence electrons. The highest BCUT2D eigenvalue weighted by Crippen LogP contribution is 2.45. The molecule has 17 nitrogen and oxygen atoms in total. The van der Waals surface area contributed by atoms with Gasteiger partial charge in [0.15, 0.2) is 12.2 Å². The van der Waals surface area contributed by atoms with Crippen molar-refractivity contribution in [2.45, 2.75) is 375 Å². The summed E-state index contributed by atoms with van der Waals surface area (Å²) in [7, 11) is -9.91. The molecule has 0 rings (SSSR count). The second kappa shape index (κ2) is 61.6. The Morgan fingerprint density at radius 1 is 0.308 bits per heavy atom. The summed E-state index contributed by atoms with van der Waals surface area (Å²) in [4.78, 5) is 72.6. The van der Waals surface area contributed by atoms with Crippen LogP contribution < -0.4 is 0 Å². The van der Waals surface area contributed by atoms with Crippen LogP contribution in [-0.4, -0.2) is 96.7 Å². The first-order valence-corrected chi connectivity index (χ1v) is 40.3. The van der Waals surface area contributed by atoms with E-state index in [1.165, 1.54) is 154 Å². The summed E-state index contributed by atoms with van der Waals surface area (Å²) >= 11 is 0. The number of rotatable bonds is 69. The highest BCUT2D eigenvalue weighted by atomic mass is 31.2. The smallest absolute Gasteiger partial charge is 0.462 e. The third-order valence-electron chi connectivity index (χ3n) is 17.3. The minimum atomic E-state index is -4.95. The fourth-order valence-electron chi connectivity index (χ4n) is 10.8. The van der Waals surface area contributed by atoms with Crippen molar-refractivity contribution in [3.63, 3.8) is 0 Å². The van der Waals surface area contributed by atoms with Crippen molar-refractivity contribution in [3.05, 3.63) is 0 Å². The van der Waals surface area contributed by atoms with E-state index in [9.17, 15) is 43.2 Å². The summed E-state index contributed by atoms with van der Waals surface area (Å²) in [5.74, 6) is 0.920. The lowest BCUT2D eigenvalue weighted by atomic mass is 9.99. The van der Waals surface area contributed by atoms with Gasteiger partial charge in [0.25, 0.3) is 0 Å². The predicted octanol–water partition coefficient (Wildman–Crippen LogP) is 20.5. The van der Waals surface area contributed by atoms with Crippen LogP contribution in [0.15, 0.2) is 0 Å². The van der Waals surface area contributed by atoms with E-state index >= 15 is 0 Å². The van der Waals surface area contributed by atoms with Crippen molar-refractivity contribution in [3.8, 4) is 0 Å². The van der Waals surface area contributed by atoms with Gasteiger partial charge in [0.1, 0.15) is 19.3 Å². The van der Waals surface area contributed by atoms with E-state index in [0.29, 0.717) is 25.7 Å². The molecule has 4 unspecified atom stereocenters. The van der Waals surface area contributed by atoms with Gasteiger partial charge in [0, 0.05) is 25.7 Å². The summed E-state index contributed by atoms with van der Waals surface area (Å²) in [6, 6.07) is 0. The van der Waals surface area contributed by atoms with Gasteiger partial charge in [-0.15, -0.1) is 0 Å². The van der Waals surface area contributed by atoms with Gasteiger partial charge in [-0.1, -0.05) is 306 Å². The SMILES string of the molecule is CCC(C)CCCCCCCCCCC(=O)O[C@H](COC(=O)CCCCCCCCC(C)CC)COP(=O)(O)OC[C@H](O)COP(=O)(O)OC[C@@H](COC(=O)CCCCCCCCCCCCCC(C)C)OC(=O)CCCCCCCCCCCCCCC(C)C. The van der Waals surface area contributed by atoms with E-state index in [1.807, 2.05) is 0 Å². The standard InChI is InChI=1S/C72H140O17P2/c1-9-64(7)50-42-34-26-22-23-29-39-47-55-72(77)89-68(59-83-70(75)53-45-37-31-30-35-43-51-65(8)10-2)61-87-91(80,81)85-57-66(73)56-84-90(78,79)86-60-67(58-82-69(74)52-44-36-27-20-17-13-15-19-25-33-41-49-63(5)6)88-71(76)54-46-38-28-21-16-12-11-14-18-24-32-40-48-62(3)4/h62-68,73H,9-61H2,1-8H3,(H,78,79)(H,80,81)/t64?,65?,66-,67-,68-/m1/s1. The van der Waals surface area contributed by atoms with Crippen molar-refractivity contribution in [1.29, 1.82) is 0 Å². The van der Waals surface area contributed by atoms with Gasteiger partial charge in [-0.25, -0.2) is 9.13 Å². The molecular weight excluding hydrogens is 1200 g/mol. The molecule has 0 aromatic rings. The van der Waals surface area contributed by atoms with Gasteiger partial charge >= 0.3 is 39.5 Å². The maximum atomic E-state index is 13.0. The van der Waals surface area contributed by atoms with Gasteiger partial charge in [-0.2, -0.15) is 0 Å². The molecule has 7 atom stereocenters. The maximum absolute atomic E-state index is 13.0. The lowest BCUT2D eigenvalue weighted by molar-refractivity contribution is -0.161. The molecule has 0 aliphatic rings. The fraction of sp³-hybridized carbons (Fsp3) is 0.944. The highest BCUT2D eigenvalue weighted by molar-refractivity contribution is 7.47. The molecule has 0 radical (unpaired) electrons. The molecule has 0 amide bonds. The van der Waals surface area contributed by atoms with Crippen molar-refractivity contribution < 1.29 is 80.2 Å². The summed E-state index contributed by atoms with van der Waals surface area (Å²) in [6.45, 7) is 14.1. The Morgan fingerprint density at radius 2 is 0.527 bits per heavy atom. The van der Waals surface area contributed by atoms with Crippen LogP contribution in [0, 0.1) is 23.7 Å². The number of aliphatic hydroxyl groups excluding tert-OH is 1. The van der Waals surface area contributed by atoms with Gasteiger partial charge in [0.2, 0.25) is 0 Å². The number of aliphatic hydroxyl groups is 1. The Morgan fingerprint density at radius 3 is 0.780 bits per heavy atom. The number of unbranched alkanes of at least 4 members (excludes halogenated alkanes) is 33. The second-order valence-corrected chi connectivity index (χ2v) is 30.3. The maximum Gasteiger partial charge on any atom is 0.472 e. The van der Waals surface area contributed by atoms with Crippen molar-refractivity contribution in [2.24, 2.45) is 23.7 Å². The molecule has 0 spiro atoms. The predicted molar refractivity (Wildman–Crippen MR) is 367 cm³/mol. The Labute approximate surface area is 556 Å². The Balaban J connectivity index is 5.27. The van der Waals surface area contributed by atoms with Crippen LogP contribution in [0.3, 0.4) is 0 Å². The summed E-state index contributed by atoms with van der Waals surface area (Å²) in [5, 5.41) is 10.6. The fourth-order valence-corrected chi connectivity index (χ4v) is 12.4. The molecule has 0 aliphatic carbocycles. The average Bonchev–Trinajstić information content (AvgIpc) is 3.65. The minimum Gasteiger partial charge on any atom is -0.462 e. The molecule has 0 aromatic heterocycles. The zero-order chi connectivity index (χ0) is 67.5. The first kappa shape index (κ1) is 89.1. The van der Waals surface area contributed by atoms with Crippen LogP contribution in [-0.2, 0) is 65.4 Å². The molecule has 91 heavy (non-hydrogen) atoms. The molecule has 0 fully saturated rings. The number of hydrogen-bond donors (Lipinski definition) is 3. The third-order valence-corrected chi connectivity index (χ3v) is 19.2. The van der Waals surface area contributed by atoms with Crippen molar-refractivity contribution in [1.82, 2.24) is 0 Å². The van der Waals surface area contributed by atoms with Gasteiger partial charge in [0.05, 0.1) is 26.4 Å². The van der Waals surface area contributed by atoms with Crippen molar-refractivity contribution >= 4 is 39.5 Å². The molecule has 0 bridgehead atoms. The number of hydrogen-bond acceptors (Lipinski definition) is 15. The number of phosphoric acid groups is 2. The quantitative estimate of drug-likeness (QED) is 0.0222. The topological polar surface area (TPSA) is 237 Å². The minimum absolute atomic E-state index is 0.104. The van der Waals surface area contributed by atoms with E-state index in [0.717, 1.165) is 120 Å². The molecule has 19 heteroatoms. The molecule has 3 N–H and O–H groups in total. The third kappa shape index (κ3) is 63.9. The monoisotopic (exact) mass is 1340 g/mol. The average molecular weight is 1340 g/mol. The number of phosphoric ester groups is 2. The summed E-state index contributed by atoms with van der Waals surface area (Å²) in [6.07, 6.45) is 44.3. The largest absolute Gasteiger partial charge is 0.472 e. The van der Waals surface area contributed by atoms with E-state index in [2.05, 4.69) is 55.4 Å². The molecule has 0 heterocycles. The highest BCUT2D eigenvalue weighted by Gasteiger charge is 2.30. The van der Waals surface area contributed by atoms with E-state index in [4.69, 9.17) is 37.0 Å². The number of carbonyl (C=O) groups is 4. The summed E-state index contributed by atoms with van der Waals surface area (Å²) < 4.78 is 68.4. The molecule has 0 saturated heterocycles. The molecular formula is C72H140O17P2.